The zero-order valence-electron chi connectivity index (χ0n) is 11.7. The normalized spacial score (nSPS) is 17.0. The Morgan fingerprint density at radius 1 is 1.09 bits per heavy atom. The first-order chi connectivity index (χ1) is 10.4. The number of benzene rings is 2. The van der Waals surface area contributed by atoms with E-state index in [1.807, 2.05) is 0 Å². The van der Waals surface area contributed by atoms with Crippen LogP contribution in [0.4, 0.5) is 8.78 Å². The van der Waals surface area contributed by atoms with E-state index >= 15 is 0 Å². The summed E-state index contributed by atoms with van der Waals surface area (Å²) in [7, 11) is 0. The van der Waals surface area contributed by atoms with Crippen LogP contribution in [0.5, 0.6) is 0 Å². The second kappa shape index (κ2) is 5.02. The maximum atomic E-state index is 14.5. The number of cyclic esters (lactones) is 1. The minimum Gasteiger partial charge on any atom is -0.447 e. The van der Waals surface area contributed by atoms with Gasteiger partial charge in [-0.1, -0.05) is 48.0 Å². The first kappa shape index (κ1) is 14.4. The van der Waals surface area contributed by atoms with Crippen molar-refractivity contribution in [3.63, 3.8) is 0 Å². The molecule has 22 heavy (non-hydrogen) atoms. The van der Waals surface area contributed by atoms with Crippen molar-refractivity contribution in [2.75, 3.05) is 0 Å². The molecule has 1 aliphatic rings. The van der Waals surface area contributed by atoms with Crippen molar-refractivity contribution in [2.45, 2.75) is 19.0 Å². The largest absolute Gasteiger partial charge is 0.447 e. The summed E-state index contributed by atoms with van der Waals surface area (Å²) in [6.07, 6.45) is -1.88. The molecule has 0 unspecified atom stereocenters. The van der Waals surface area contributed by atoms with E-state index in [0.717, 1.165) is 5.56 Å². The van der Waals surface area contributed by atoms with E-state index in [1.54, 1.807) is 25.1 Å². The average molecular weight is 302 g/mol. The van der Waals surface area contributed by atoms with Gasteiger partial charge in [-0.05, 0) is 13.0 Å². The molecule has 0 aromatic heterocycles. The summed E-state index contributed by atoms with van der Waals surface area (Å²) in [5.41, 5.74) is 0.857. The monoisotopic (exact) mass is 302 g/mol. The predicted molar refractivity (Wildman–Crippen MR) is 75.1 cm³/mol. The highest BCUT2D eigenvalue weighted by molar-refractivity contribution is 6.03. The number of halogens is 2. The van der Waals surface area contributed by atoms with Gasteiger partial charge in [0.1, 0.15) is 0 Å². The van der Waals surface area contributed by atoms with Gasteiger partial charge >= 0.3 is 11.9 Å². The number of rotatable bonds is 3. The highest BCUT2D eigenvalue weighted by Crippen LogP contribution is 2.43. The van der Waals surface area contributed by atoms with Crippen LogP contribution < -0.4 is 0 Å². The van der Waals surface area contributed by atoms with Crippen LogP contribution in [0, 0.1) is 6.92 Å². The maximum absolute atomic E-state index is 14.5. The highest BCUT2D eigenvalue weighted by Gasteiger charge is 2.54. The Hall–Kier alpha value is -2.56. The summed E-state index contributed by atoms with van der Waals surface area (Å²) in [5.74, 6) is -6.02. The Morgan fingerprint density at radius 3 is 2.41 bits per heavy atom. The van der Waals surface area contributed by atoms with Crippen LogP contribution in [-0.4, -0.2) is 17.7 Å². The van der Waals surface area contributed by atoms with Gasteiger partial charge < -0.3 is 4.74 Å². The van der Waals surface area contributed by atoms with Crippen LogP contribution in [0.15, 0.2) is 48.5 Å². The van der Waals surface area contributed by atoms with E-state index in [-0.39, 0.29) is 16.7 Å². The molecule has 3 rings (SSSR count). The number of alkyl halides is 2. The second-order valence-corrected chi connectivity index (χ2v) is 5.19. The fraction of sp³-hybridized carbons (Fsp3) is 0.176. The van der Waals surface area contributed by atoms with Crippen LogP contribution in [0.1, 0.15) is 37.9 Å². The van der Waals surface area contributed by atoms with Crippen molar-refractivity contribution in [3.8, 4) is 0 Å². The number of carbonyl (C=O) groups is 2. The number of Topliss-reactive ketones (excluding diaryl/α,β-unsaturated/α-hetero) is 1. The molecular formula is C17H12F2O3. The van der Waals surface area contributed by atoms with Gasteiger partial charge in [0.15, 0.2) is 6.10 Å². The molecular weight excluding hydrogens is 290 g/mol. The van der Waals surface area contributed by atoms with Gasteiger partial charge in [-0.15, -0.1) is 0 Å². The van der Waals surface area contributed by atoms with Crippen molar-refractivity contribution < 1.29 is 23.1 Å². The van der Waals surface area contributed by atoms with E-state index < -0.39 is 23.8 Å². The minimum atomic E-state index is -3.82. The fourth-order valence-corrected chi connectivity index (χ4v) is 2.43. The van der Waals surface area contributed by atoms with Crippen molar-refractivity contribution in [2.24, 2.45) is 0 Å². The van der Waals surface area contributed by atoms with E-state index in [9.17, 15) is 18.4 Å². The quantitative estimate of drug-likeness (QED) is 0.641. The summed E-state index contributed by atoms with van der Waals surface area (Å²) in [5, 5.41) is 0. The van der Waals surface area contributed by atoms with Crippen molar-refractivity contribution in [1.82, 2.24) is 0 Å². The number of hydrogen-bond donors (Lipinski definition) is 0. The number of ketones is 1. The SMILES string of the molecule is Cc1ccc(C(=O)C(F)(F)[C@@H]2OC(=O)c3ccccc32)cc1. The molecule has 0 bridgehead atoms. The molecule has 5 heteroatoms. The molecule has 0 amide bonds. The molecule has 1 heterocycles. The van der Waals surface area contributed by atoms with Gasteiger partial charge in [0.05, 0.1) is 5.56 Å². The van der Waals surface area contributed by atoms with Gasteiger partial charge in [-0.25, -0.2) is 4.79 Å². The minimum absolute atomic E-state index is 0.0398. The molecule has 112 valence electrons. The standard InChI is InChI=1S/C17H12F2O3/c1-10-6-8-11(9-7-10)14(20)17(18,19)15-12-4-2-3-5-13(12)16(21)22-15/h2-9,15H,1H3/t15-/m1/s1. The van der Waals surface area contributed by atoms with Crippen LogP contribution in [0.25, 0.3) is 0 Å². The molecule has 1 aliphatic heterocycles. The predicted octanol–water partition coefficient (Wildman–Crippen LogP) is 3.72. The average Bonchev–Trinajstić information content (AvgIpc) is 2.86. The third-order valence-electron chi connectivity index (χ3n) is 3.63. The molecule has 1 atom stereocenters. The first-order valence-electron chi connectivity index (χ1n) is 6.70. The Morgan fingerprint density at radius 2 is 1.73 bits per heavy atom. The summed E-state index contributed by atoms with van der Waals surface area (Å²) >= 11 is 0. The molecule has 0 aliphatic carbocycles. The van der Waals surface area contributed by atoms with Crippen molar-refractivity contribution in [3.05, 3.63) is 70.8 Å². The number of ether oxygens (including phenoxy) is 1. The third kappa shape index (κ3) is 2.19. The van der Waals surface area contributed by atoms with Crippen molar-refractivity contribution in [1.29, 1.82) is 0 Å². The van der Waals surface area contributed by atoms with Crippen molar-refractivity contribution >= 4 is 11.8 Å². The molecule has 0 saturated carbocycles. The zero-order valence-corrected chi connectivity index (χ0v) is 11.7. The van der Waals surface area contributed by atoms with Gasteiger partial charge in [0, 0.05) is 11.1 Å². The van der Waals surface area contributed by atoms with Crippen LogP contribution in [-0.2, 0) is 4.74 Å². The Balaban J connectivity index is 1.98. The van der Waals surface area contributed by atoms with Gasteiger partial charge in [0.2, 0.25) is 5.78 Å². The summed E-state index contributed by atoms with van der Waals surface area (Å²) in [4.78, 5) is 23.8. The number of esters is 1. The molecule has 0 fully saturated rings. The number of aryl methyl sites for hydroxylation is 1. The van der Waals surface area contributed by atoms with E-state index in [0.29, 0.717) is 0 Å². The Labute approximate surface area is 125 Å². The Kier molecular flexibility index (Phi) is 3.28. The van der Waals surface area contributed by atoms with E-state index in [2.05, 4.69) is 0 Å². The Bertz CT molecular complexity index is 751. The number of fused-ring (bicyclic) bond motifs is 1. The smallest absolute Gasteiger partial charge is 0.349 e. The van der Waals surface area contributed by atoms with Gasteiger partial charge in [-0.3, -0.25) is 4.79 Å². The number of carbonyl (C=O) groups excluding carboxylic acids is 2. The van der Waals surface area contributed by atoms with E-state index in [4.69, 9.17) is 4.74 Å². The summed E-state index contributed by atoms with van der Waals surface area (Å²) in [6.45, 7) is 1.79. The molecule has 2 aromatic carbocycles. The lowest BCUT2D eigenvalue weighted by Gasteiger charge is -2.21. The third-order valence-corrected chi connectivity index (χ3v) is 3.63. The second-order valence-electron chi connectivity index (χ2n) is 5.19. The zero-order chi connectivity index (χ0) is 15.9. The summed E-state index contributed by atoms with van der Waals surface area (Å²) < 4.78 is 33.8. The van der Waals surface area contributed by atoms with Crippen LogP contribution >= 0.6 is 0 Å². The van der Waals surface area contributed by atoms with Crippen LogP contribution in [0.3, 0.4) is 0 Å². The molecule has 0 radical (unpaired) electrons. The summed E-state index contributed by atoms with van der Waals surface area (Å²) in [6, 6.07) is 11.7. The van der Waals surface area contributed by atoms with Gasteiger partial charge in [-0.2, -0.15) is 8.78 Å². The molecule has 0 N–H and O–H groups in total. The highest BCUT2D eigenvalue weighted by atomic mass is 19.3. The molecule has 0 spiro atoms. The van der Waals surface area contributed by atoms with E-state index in [1.165, 1.54) is 30.3 Å². The topological polar surface area (TPSA) is 43.4 Å². The maximum Gasteiger partial charge on any atom is 0.349 e. The lowest BCUT2D eigenvalue weighted by Crippen LogP contribution is -2.36. The number of hydrogen-bond acceptors (Lipinski definition) is 3. The molecule has 3 nitrogen and oxygen atoms in total. The fourth-order valence-electron chi connectivity index (χ4n) is 2.43. The van der Waals surface area contributed by atoms with Crippen LogP contribution in [0.2, 0.25) is 0 Å². The van der Waals surface area contributed by atoms with Gasteiger partial charge in [0.25, 0.3) is 0 Å². The molecule has 2 aromatic rings. The lowest BCUT2D eigenvalue weighted by atomic mass is 9.95. The first-order valence-corrected chi connectivity index (χ1v) is 6.70. The lowest BCUT2D eigenvalue weighted by molar-refractivity contribution is -0.0820. The molecule has 0 saturated heterocycles.